The lowest BCUT2D eigenvalue weighted by Gasteiger charge is -2.36. The summed E-state index contributed by atoms with van der Waals surface area (Å²) >= 11 is 1.85. The van der Waals surface area contributed by atoms with E-state index in [1.54, 1.807) is 7.11 Å². The van der Waals surface area contributed by atoms with Gasteiger partial charge < -0.3 is 20.1 Å². The Labute approximate surface area is 191 Å². The van der Waals surface area contributed by atoms with Crippen molar-refractivity contribution < 1.29 is 9.47 Å². The fraction of sp³-hybridized carbons (Fsp3) is 0.750. The highest BCUT2D eigenvalue weighted by Crippen LogP contribution is 2.28. The molecule has 1 aromatic heterocycles. The lowest BCUT2D eigenvalue weighted by atomic mass is 9.97. The molecule has 0 saturated carbocycles. The van der Waals surface area contributed by atoms with Gasteiger partial charge in [-0.15, -0.1) is 35.3 Å². The van der Waals surface area contributed by atoms with Crippen LogP contribution in [0.25, 0.3) is 0 Å². The number of nitrogens with zero attached hydrogens (tertiary/aromatic N) is 2. The van der Waals surface area contributed by atoms with Crippen molar-refractivity contribution in [2.24, 2.45) is 10.9 Å². The highest BCUT2D eigenvalue weighted by Gasteiger charge is 2.25. The van der Waals surface area contributed by atoms with Gasteiger partial charge in [-0.2, -0.15) is 0 Å². The summed E-state index contributed by atoms with van der Waals surface area (Å²) in [6.45, 7) is 8.47. The Bertz CT molecular complexity index is 522. The second kappa shape index (κ2) is 15.4. The Balaban J connectivity index is 0.00000392. The SMILES string of the molecule is CN=C(NCCCOCCOC)NCC(c1cccs1)N1CCC(C)CC1.I. The molecule has 0 amide bonds. The molecular formula is C20H37IN4O2S. The molecule has 0 aromatic carbocycles. The van der Waals surface area contributed by atoms with Crippen LogP contribution in [0.1, 0.15) is 37.1 Å². The number of ether oxygens (including phenoxy) is 2. The van der Waals surface area contributed by atoms with E-state index < -0.39 is 0 Å². The Morgan fingerprint density at radius 2 is 2.07 bits per heavy atom. The molecule has 0 radical (unpaired) electrons. The number of guanidine groups is 1. The number of thiophene rings is 1. The van der Waals surface area contributed by atoms with E-state index in [0.29, 0.717) is 19.3 Å². The maximum Gasteiger partial charge on any atom is 0.191 e. The van der Waals surface area contributed by atoms with Crippen molar-refractivity contribution in [3.8, 4) is 0 Å². The van der Waals surface area contributed by atoms with E-state index in [-0.39, 0.29) is 24.0 Å². The number of piperidine rings is 1. The molecule has 0 spiro atoms. The van der Waals surface area contributed by atoms with Gasteiger partial charge in [-0.05, 0) is 49.7 Å². The summed E-state index contributed by atoms with van der Waals surface area (Å²) in [6.07, 6.45) is 3.53. The molecule has 1 unspecified atom stereocenters. The quantitative estimate of drug-likeness (QED) is 0.201. The maximum absolute atomic E-state index is 5.49. The average Bonchev–Trinajstić information content (AvgIpc) is 3.21. The standard InChI is InChI=1S/C20H36N4O2S.HI/c1-17-7-10-24(11-8-17)18(19-6-4-15-27-19)16-23-20(21-2)22-9-5-12-26-14-13-25-3;/h4,6,15,17-18H,5,7-14,16H2,1-3H3,(H2,21,22,23);1H. The van der Waals surface area contributed by atoms with E-state index in [9.17, 15) is 0 Å². The number of nitrogens with one attached hydrogen (secondary N) is 2. The first-order valence-corrected chi connectivity index (χ1v) is 10.9. The van der Waals surface area contributed by atoms with Gasteiger partial charge in [0.25, 0.3) is 0 Å². The van der Waals surface area contributed by atoms with Gasteiger partial charge in [-0.25, -0.2) is 0 Å². The molecule has 0 bridgehead atoms. The van der Waals surface area contributed by atoms with Crippen LogP contribution >= 0.6 is 35.3 Å². The zero-order chi connectivity index (χ0) is 19.3. The number of hydrogen-bond donors (Lipinski definition) is 2. The van der Waals surface area contributed by atoms with Crippen LogP contribution in [0.15, 0.2) is 22.5 Å². The molecule has 28 heavy (non-hydrogen) atoms. The number of likely N-dealkylation sites (tertiary alicyclic amines) is 1. The number of hydrogen-bond acceptors (Lipinski definition) is 5. The third-order valence-electron chi connectivity index (χ3n) is 5.01. The molecule has 8 heteroatoms. The van der Waals surface area contributed by atoms with Crippen molar-refractivity contribution in [2.45, 2.75) is 32.2 Å². The molecule has 2 N–H and O–H groups in total. The Morgan fingerprint density at radius 3 is 2.71 bits per heavy atom. The number of halogens is 1. The zero-order valence-electron chi connectivity index (χ0n) is 17.5. The molecule has 6 nitrogen and oxygen atoms in total. The van der Waals surface area contributed by atoms with Crippen molar-refractivity contribution in [2.75, 3.05) is 60.2 Å². The fourth-order valence-corrected chi connectivity index (χ4v) is 4.13. The van der Waals surface area contributed by atoms with Crippen LogP contribution in [0.3, 0.4) is 0 Å². The third kappa shape index (κ3) is 9.39. The van der Waals surface area contributed by atoms with E-state index >= 15 is 0 Å². The lowest BCUT2D eigenvalue weighted by Crippen LogP contribution is -2.45. The van der Waals surface area contributed by atoms with Crippen molar-refractivity contribution in [1.82, 2.24) is 15.5 Å². The van der Waals surface area contributed by atoms with Crippen LogP contribution in [-0.4, -0.2) is 71.0 Å². The molecular weight excluding hydrogens is 487 g/mol. The van der Waals surface area contributed by atoms with Gasteiger partial charge >= 0.3 is 0 Å². The van der Waals surface area contributed by atoms with Crippen molar-refractivity contribution in [1.29, 1.82) is 0 Å². The Hall–Kier alpha value is -0.420. The highest BCUT2D eigenvalue weighted by molar-refractivity contribution is 14.0. The minimum Gasteiger partial charge on any atom is -0.382 e. The summed E-state index contributed by atoms with van der Waals surface area (Å²) in [4.78, 5) is 8.41. The van der Waals surface area contributed by atoms with E-state index in [4.69, 9.17) is 9.47 Å². The summed E-state index contributed by atoms with van der Waals surface area (Å²) in [5.41, 5.74) is 0. The first kappa shape index (κ1) is 25.6. The number of aliphatic imine (C=N–C) groups is 1. The van der Waals surface area contributed by atoms with Gasteiger partial charge in [-0.1, -0.05) is 13.0 Å². The van der Waals surface area contributed by atoms with E-state index in [1.165, 1.54) is 30.8 Å². The first-order valence-electron chi connectivity index (χ1n) is 10.0. The van der Waals surface area contributed by atoms with Crippen LogP contribution < -0.4 is 10.6 Å². The second-order valence-electron chi connectivity index (χ2n) is 7.09. The first-order chi connectivity index (χ1) is 13.2. The molecule has 1 aliphatic rings. The third-order valence-corrected chi connectivity index (χ3v) is 5.98. The summed E-state index contributed by atoms with van der Waals surface area (Å²) in [5, 5.41) is 9.08. The molecule has 0 aliphatic carbocycles. The molecule has 1 aliphatic heterocycles. The zero-order valence-corrected chi connectivity index (χ0v) is 20.6. The monoisotopic (exact) mass is 524 g/mol. The van der Waals surface area contributed by atoms with Crippen molar-refractivity contribution in [3.05, 3.63) is 22.4 Å². The summed E-state index contributed by atoms with van der Waals surface area (Å²) in [6, 6.07) is 4.81. The van der Waals surface area contributed by atoms with Crippen LogP contribution in [0.2, 0.25) is 0 Å². The smallest absolute Gasteiger partial charge is 0.191 e. The van der Waals surface area contributed by atoms with Gasteiger partial charge in [-0.3, -0.25) is 9.89 Å². The normalized spacial score (nSPS) is 17.2. The Kier molecular flexibility index (Phi) is 14.1. The largest absolute Gasteiger partial charge is 0.382 e. The molecule has 2 heterocycles. The Morgan fingerprint density at radius 1 is 1.29 bits per heavy atom. The summed E-state index contributed by atoms with van der Waals surface area (Å²) < 4.78 is 10.5. The van der Waals surface area contributed by atoms with E-state index in [0.717, 1.165) is 38.0 Å². The summed E-state index contributed by atoms with van der Waals surface area (Å²) in [7, 11) is 3.52. The number of methoxy groups -OCH3 is 1. The van der Waals surface area contributed by atoms with Gasteiger partial charge in [0.15, 0.2) is 5.96 Å². The topological polar surface area (TPSA) is 58.1 Å². The van der Waals surface area contributed by atoms with Gasteiger partial charge in [0.05, 0.1) is 19.3 Å². The van der Waals surface area contributed by atoms with Gasteiger partial charge in [0.2, 0.25) is 0 Å². The predicted molar refractivity (Wildman–Crippen MR) is 129 cm³/mol. The van der Waals surface area contributed by atoms with Gasteiger partial charge in [0, 0.05) is 38.7 Å². The molecule has 1 fully saturated rings. The summed E-state index contributed by atoms with van der Waals surface area (Å²) in [5.74, 6) is 1.71. The minimum atomic E-state index is 0. The lowest BCUT2D eigenvalue weighted by molar-refractivity contribution is 0.0698. The van der Waals surface area contributed by atoms with E-state index in [1.807, 2.05) is 18.4 Å². The van der Waals surface area contributed by atoms with Crippen molar-refractivity contribution >= 4 is 41.3 Å². The molecule has 162 valence electrons. The predicted octanol–water partition coefficient (Wildman–Crippen LogP) is 3.36. The number of rotatable bonds is 11. The van der Waals surface area contributed by atoms with Crippen LogP contribution in [0.4, 0.5) is 0 Å². The van der Waals surface area contributed by atoms with Crippen molar-refractivity contribution in [3.63, 3.8) is 0 Å². The fourth-order valence-electron chi connectivity index (χ4n) is 3.27. The van der Waals surface area contributed by atoms with Crippen LogP contribution in [0.5, 0.6) is 0 Å². The molecule has 1 atom stereocenters. The van der Waals surface area contributed by atoms with Gasteiger partial charge in [0.1, 0.15) is 0 Å². The minimum absolute atomic E-state index is 0. The van der Waals surface area contributed by atoms with Crippen LogP contribution in [-0.2, 0) is 9.47 Å². The van der Waals surface area contributed by atoms with E-state index in [2.05, 4.69) is 45.0 Å². The molecule has 1 aromatic rings. The highest BCUT2D eigenvalue weighted by atomic mass is 127. The molecule has 2 rings (SSSR count). The second-order valence-corrected chi connectivity index (χ2v) is 8.07. The van der Waals surface area contributed by atoms with Crippen LogP contribution in [0, 0.1) is 5.92 Å². The molecule has 1 saturated heterocycles. The average molecular weight is 525 g/mol. The maximum atomic E-state index is 5.49.